The molecule has 0 spiro atoms. The van der Waals surface area contributed by atoms with Crippen LogP contribution in [0.3, 0.4) is 0 Å². The summed E-state index contributed by atoms with van der Waals surface area (Å²) in [6.07, 6.45) is 1.50. The number of benzene rings is 2. The van der Waals surface area contributed by atoms with Crippen molar-refractivity contribution >= 4 is 5.91 Å². The number of carbonyl (C=O) groups is 1. The molecular weight excluding hydrogens is 262 g/mol. The van der Waals surface area contributed by atoms with Gasteiger partial charge in [-0.3, -0.25) is 9.63 Å². The molecule has 0 aliphatic carbocycles. The molecule has 3 heteroatoms. The molecule has 0 radical (unpaired) electrons. The van der Waals surface area contributed by atoms with E-state index in [0.29, 0.717) is 12.2 Å². The zero-order valence-electron chi connectivity index (χ0n) is 11.7. The number of hydroxylamine groups is 1. The van der Waals surface area contributed by atoms with Crippen LogP contribution in [0.4, 0.5) is 0 Å². The third-order valence-corrected chi connectivity index (χ3v) is 2.76. The van der Waals surface area contributed by atoms with Gasteiger partial charge in [0.05, 0.1) is 6.61 Å². The lowest BCUT2D eigenvalue weighted by Gasteiger charge is -2.04. The third-order valence-electron chi connectivity index (χ3n) is 2.76. The van der Waals surface area contributed by atoms with Crippen molar-refractivity contribution in [2.75, 3.05) is 6.61 Å². The monoisotopic (exact) mass is 279 g/mol. The van der Waals surface area contributed by atoms with E-state index < -0.39 is 0 Å². The predicted octanol–water partition coefficient (Wildman–Crippen LogP) is 3.18. The van der Waals surface area contributed by atoms with Crippen LogP contribution < -0.4 is 5.48 Å². The van der Waals surface area contributed by atoms with Gasteiger partial charge in [-0.15, -0.1) is 0 Å². The van der Waals surface area contributed by atoms with Crippen LogP contribution in [0.5, 0.6) is 0 Å². The quantitative estimate of drug-likeness (QED) is 0.518. The van der Waals surface area contributed by atoms with Crippen LogP contribution in [-0.2, 0) is 4.84 Å². The fourth-order valence-corrected chi connectivity index (χ4v) is 1.68. The molecule has 0 heterocycles. The first-order valence-corrected chi connectivity index (χ1v) is 6.87. The Labute approximate surface area is 124 Å². The van der Waals surface area contributed by atoms with E-state index in [9.17, 15) is 4.79 Å². The zero-order chi connectivity index (χ0) is 14.8. The molecule has 2 rings (SSSR count). The van der Waals surface area contributed by atoms with Crippen molar-refractivity contribution < 1.29 is 9.63 Å². The SMILES string of the molecule is O=C(NOCCCC#Cc1ccccc1)c1ccccc1. The fourth-order valence-electron chi connectivity index (χ4n) is 1.68. The van der Waals surface area contributed by atoms with Crippen LogP contribution >= 0.6 is 0 Å². The zero-order valence-corrected chi connectivity index (χ0v) is 11.7. The molecule has 0 atom stereocenters. The van der Waals surface area contributed by atoms with Gasteiger partial charge in [0.25, 0.3) is 5.91 Å². The molecule has 21 heavy (non-hydrogen) atoms. The van der Waals surface area contributed by atoms with E-state index in [1.54, 1.807) is 12.1 Å². The number of hydrogen-bond donors (Lipinski definition) is 1. The first kappa shape index (κ1) is 14.8. The molecule has 0 aliphatic heterocycles. The van der Waals surface area contributed by atoms with Gasteiger partial charge in [0.2, 0.25) is 0 Å². The van der Waals surface area contributed by atoms with E-state index in [-0.39, 0.29) is 5.91 Å². The summed E-state index contributed by atoms with van der Waals surface area (Å²) in [5.74, 6) is 5.93. The molecule has 0 aliphatic rings. The van der Waals surface area contributed by atoms with Gasteiger partial charge in [0, 0.05) is 17.5 Å². The average molecular weight is 279 g/mol. The van der Waals surface area contributed by atoms with Crippen molar-refractivity contribution in [3.63, 3.8) is 0 Å². The molecule has 0 saturated carbocycles. The highest BCUT2D eigenvalue weighted by Gasteiger charge is 2.02. The number of hydrogen-bond acceptors (Lipinski definition) is 2. The van der Waals surface area contributed by atoms with Crippen molar-refractivity contribution in [1.29, 1.82) is 0 Å². The number of amides is 1. The summed E-state index contributed by atoms with van der Waals surface area (Å²) >= 11 is 0. The normalized spacial score (nSPS) is 9.52. The minimum Gasteiger partial charge on any atom is -0.273 e. The third kappa shape index (κ3) is 5.52. The molecule has 1 N–H and O–H groups in total. The first-order chi connectivity index (χ1) is 10.4. The Balaban J connectivity index is 1.61. The van der Waals surface area contributed by atoms with Gasteiger partial charge in [-0.25, -0.2) is 5.48 Å². The summed E-state index contributed by atoms with van der Waals surface area (Å²) in [6, 6.07) is 18.8. The summed E-state index contributed by atoms with van der Waals surface area (Å²) in [4.78, 5) is 16.8. The van der Waals surface area contributed by atoms with E-state index in [0.717, 1.165) is 18.4 Å². The topological polar surface area (TPSA) is 38.3 Å². The number of unbranched alkanes of at least 4 members (excludes halogenated alkanes) is 1. The van der Waals surface area contributed by atoms with Crippen LogP contribution in [0.15, 0.2) is 60.7 Å². The Morgan fingerprint density at radius 2 is 1.67 bits per heavy atom. The Morgan fingerprint density at radius 3 is 2.38 bits per heavy atom. The Kier molecular flexibility index (Phi) is 6.05. The minimum absolute atomic E-state index is 0.231. The summed E-state index contributed by atoms with van der Waals surface area (Å²) < 4.78 is 0. The van der Waals surface area contributed by atoms with Crippen molar-refractivity contribution in [3.8, 4) is 11.8 Å². The lowest BCUT2D eigenvalue weighted by atomic mass is 10.2. The predicted molar refractivity (Wildman–Crippen MR) is 82.4 cm³/mol. The van der Waals surface area contributed by atoms with Gasteiger partial charge in [0.1, 0.15) is 0 Å². The molecular formula is C18H17NO2. The van der Waals surface area contributed by atoms with Crippen molar-refractivity contribution in [2.45, 2.75) is 12.8 Å². The smallest absolute Gasteiger partial charge is 0.273 e. The maximum atomic E-state index is 11.7. The number of carbonyl (C=O) groups excluding carboxylic acids is 1. The average Bonchev–Trinajstić information content (AvgIpc) is 2.55. The molecule has 3 nitrogen and oxygen atoms in total. The summed E-state index contributed by atoms with van der Waals surface area (Å²) in [6.45, 7) is 0.446. The standard InChI is InChI=1S/C18H17NO2/c20-18(17-13-7-2-8-14-17)19-21-15-9-3-6-12-16-10-4-1-5-11-16/h1-2,4-5,7-8,10-11,13-14H,3,9,15H2,(H,19,20). The maximum Gasteiger partial charge on any atom is 0.274 e. The summed E-state index contributed by atoms with van der Waals surface area (Å²) in [7, 11) is 0. The lowest BCUT2D eigenvalue weighted by molar-refractivity contribution is 0.0307. The lowest BCUT2D eigenvalue weighted by Crippen LogP contribution is -2.24. The van der Waals surface area contributed by atoms with Gasteiger partial charge >= 0.3 is 0 Å². The van der Waals surface area contributed by atoms with Crippen molar-refractivity contribution in [3.05, 3.63) is 71.8 Å². The van der Waals surface area contributed by atoms with Crippen LogP contribution in [0.25, 0.3) is 0 Å². The molecule has 2 aromatic rings. The van der Waals surface area contributed by atoms with E-state index in [4.69, 9.17) is 4.84 Å². The Morgan fingerprint density at radius 1 is 1.00 bits per heavy atom. The van der Waals surface area contributed by atoms with E-state index in [1.165, 1.54) is 0 Å². The molecule has 0 aromatic heterocycles. The highest BCUT2D eigenvalue weighted by Crippen LogP contribution is 1.98. The molecule has 0 unspecified atom stereocenters. The van der Waals surface area contributed by atoms with E-state index >= 15 is 0 Å². The summed E-state index contributed by atoms with van der Waals surface area (Å²) in [5, 5.41) is 0. The van der Waals surface area contributed by atoms with Crippen molar-refractivity contribution in [2.24, 2.45) is 0 Å². The summed E-state index contributed by atoms with van der Waals surface area (Å²) in [5.41, 5.74) is 4.02. The fraction of sp³-hybridized carbons (Fsp3) is 0.167. The van der Waals surface area contributed by atoms with Gasteiger partial charge in [-0.05, 0) is 30.7 Å². The Hall–Kier alpha value is -2.57. The van der Waals surface area contributed by atoms with Gasteiger partial charge in [-0.1, -0.05) is 48.2 Å². The highest BCUT2D eigenvalue weighted by molar-refractivity contribution is 5.93. The second-order valence-electron chi connectivity index (χ2n) is 4.42. The second-order valence-corrected chi connectivity index (χ2v) is 4.42. The van der Waals surface area contributed by atoms with Crippen LogP contribution in [0.1, 0.15) is 28.8 Å². The van der Waals surface area contributed by atoms with Gasteiger partial charge in [-0.2, -0.15) is 0 Å². The van der Waals surface area contributed by atoms with Crippen LogP contribution in [0.2, 0.25) is 0 Å². The molecule has 0 bridgehead atoms. The Bertz CT molecular complexity index is 612. The minimum atomic E-state index is -0.231. The van der Waals surface area contributed by atoms with Crippen LogP contribution in [-0.4, -0.2) is 12.5 Å². The first-order valence-electron chi connectivity index (χ1n) is 6.87. The number of rotatable bonds is 5. The molecule has 2 aromatic carbocycles. The maximum absolute atomic E-state index is 11.7. The van der Waals surface area contributed by atoms with Gasteiger partial charge in [0.15, 0.2) is 0 Å². The molecule has 1 amide bonds. The molecule has 0 saturated heterocycles. The van der Waals surface area contributed by atoms with E-state index in [1.807, 2.05) is 48.5 Å². The highest BCUT2D eigenvalue weighted by atomic mass is 16.6. The largest absolute Gasteiger partial charge is 0.274 e. The molecule has 0 fully saturated rings. The van der Waals surface area contributed by atoms with E-state index in [2.05, 4.69) is 17.3 Å². The van der Waals surface area contributed by atoms with Crippen LogP contribution in [0, 0.1) is 11.8 Å². The van der Waals surface area contributed by atoms with Crippen molar-refractivity contribution in [1.82, 2.24) is 5.48 Å². The molecule has 106 valence electrons. The number of nitrogens with one attached hydrogen (secondary N) is 1. The van der Waals surface area contributed by atoms with Gasteiger partial charge < -0.3 is 0 Å². The second kappa shape index (κ2) is 8.57.